The van der Waals surface area contributed by atoms with Gasteiger partial charge in [-0.3, -0.25) is 9.59 Å². The first-order valence-corrected chi connectivity index (χ1v) is 15.6. The molecule has 0 N–H and O–H groups in total. The second-order valence-corrected chi connectivity index (χ2v) is 12.5. The van der Waals surface area contributed by atoms with Crippen LogP contribution in [0.1, 0.15) is 40.5 Å². The topological polar surface area (TPSA) is 107 Å². The fraction of sp³-hybridized carbons (Fsp3) is 0.500. The summed E-state index contributed by atoms with van der Waals surface area (Å²) in [5, 5.41) is 0. The Hall–Kier alpha value is -4.25. The van der Waals surface area contributed by atoms with Crippen molar-refractivity contribution in [3.05, 3.63) is 54.8 Å². The molecule has 0 bridgehead atoms. The van der Waals surface area contributed by atoms with Crippen LogP contribution >= 0.6 is 0 Å². The predicted molar refractivity (Wildman–Crippen MR) is 170 cm³/mol. The van der Waals surface area contributed by atoms with Crippen LogP contribution in [0, 0.1) is 11.8 Å². The Morgan fingerprint density at radius 3 is 2.56 bits per heavy atom. The van der Waals surface area contributed by atoms with Gasteiger partial charge in [-0.15, -0.1) is 0 Å². The van der Waals surface area contributed by atoms with E-state index in [1.165, 1.54) is 0 Å². The maximum Gasteiger partial charge on any atom is 0.410 e. The van der Waals surface area contributed by atoms with Crippen molar-refractivity contribution in [2.75, 3.05) is 56.3 Å². The Morgan fingerprint density at radius 1 is 1.11 bits per heavy atom. The highest BCUT2D eigenvalue weighted by molar-refractivity contribution is 6.00. The molecule has 0 unspecified atom stereocenters. The van der Waals surface area contributed by atoms with E-state index in [1.54, 1.807) is 28.1 Å². The Morgan fingerprint density at radius 2 is 1.89 bits per heavy atom. The molecule has 1 aromatic heterocycles. The first-order chi connectivity index (χ1) is 21.6. The number of nitrogens with zero attached hydrogens (tertiary/aromatic N) is 4. The van der Waals surface area contributed by atoms with Crippen LogP contribution in [0.25, 0.3) is 11.3 Å². The van der Waals surface area contributed by atoms with E-state index < -0.39 is 17.6 Å². The maximum absolute atomic E-state index is 14.5. The van der Waals surface area contributed by atoms with E-state index in [4.69, 9.17) is 18.7 Å². The van der Waals surface area contributed by atoms with Crippen LogP contribution in [0.4, 0.5) is 16.2 Å². The number of fused-ring (bicyclic) bond motifs is 1. The van der Waals surface area contributed by atoms with Gasteiger partial charge in [0.1, 0.15) is 23.3 Å². The lowest BCUT2D eigenvalue weighted by Crippen LogP contribution is -2.52. The largest absolute Gasteiger partial charge is 0.482 e. The fourth-order valence-electron chi connectivity index (χ4n) is 5.98. The fourth-order valence-corrected chi connectivity index (χ4v) is 5.98. The first-order valence-electron chi connectivity index (χ1n) is 15.6. The predicted octanol–water partition coefficient (Wildman–Crippen LogP) is 5.44. The van der Waals surface area contributed by atoms with Crippen molar-refractivity contribution >= 4 is 29.3 Å². The van der Waals surface area contributed by atoms with Crippen LogP contribution < -0.4 is 14.5 Å². The molecule has 3 aromatic rings. The average molecular weight is 621 g/mol. The smallest absolute Gasteiger partial charge is 0.410 e. The molecule has 2 atom stereocenters. The summed E-state index contributed by atoms with van der Waals surface area (Å²) in [5.74, 6) is -0.247. The molecule has 3 heterocycles. The Bertz CT molecular complexity index is 1470. The van der Waals surface area contributed by atoms with Crippen molar-refractivity contribution < 1.29 is 33.1 Å². The third kappa shape index (κ3) is 7.36. The quantitative estimate of drug-likeness (QED) is 0.278. The summed E-state index contributed by atoms with van der Waals surface area (Å²) in [7, 11) is 1.63. The number of ether oxygens (including phenoxy) is 3. The normalized spacial score (nSPS) is 18.4. The zero-order valence-corrected chi connectivity index (χ0v) is 26.9. The summed E-state index contributed by atoms with van der Waals surface area (Å²) in [6.45, 7) is 10.0. The molecule has 11 heteroatoms. The molecule has 2 aliphatic rings. The van der Waals surface area contributed by atoms with Gasteiger partial charge in [0.05, 0.1) is 18.2 Å². The summed E-state index contributed by atoms with van der Waals surface area (Å²) in [6, 6.07) is 15.5. The molecule has 0 saturated carbocycles. The van der Waals surface area contributed by atoms with Gasteiger partial charge >= 0.3 is 6.09 Å². The Kier molecular flexibility index (Phi) is 9.86. The summed E-state index contributed by atoms with van der Waals surface area (Å²) in [5.41, 5.74) is 2.63. The third-order valence-corrected chi connectivity index (χ3v) is 8.26. The number of likely N-dealkylation sites (tertiary alicyclic amines) is 1. The van der Waals surface area contributed by atoms with Crippen molar-refractivity contribution in [3.8, 4) is 17.0 Å². The van der Waals surface area contributed by atoms with Gasteiger partial charge in [0, 0.05) is 51.1 Å². The zero-order valence-electron chi connectivity index (χ0n) is 26.9. The lowest BCUT2D eigenvalue weighted by molar-refractivity contribution is -0.126. The van der Waals surface area contributed by atoms with Gasteiger partial charge in [0.15, 0.2) is 6.61 Å². The second kappa shape index (κ2) is 13.8. The molecule has 2 aliphatic heterocycles. The van der Waals surface area contributed by atoms with Gasteiger partial charge in [0.25, 0.3) is 5.91 Å². The maximum atomic E-state index is 14.5. The number of carbonyl (C=O) groups is 3. The molecule has 1 saturated heterocycles. The van der Waals surface area contributed by atoms with Gasteiger partial charge in [-0.2, -0.15) is 0 Å². The Labute approximate surface area is 264 Å². The number of hydrogen-bond donors (Lipinski definition) is 0. The Balaban J connectivity index is 1.42. The highest BCUT2D eigenvalue weighted by atomic mass is 16.6. The minimum atomic E-state index is -0.651. The molecule has 45 heavy (non-hydrogen) atoms. The molecule has 242 valence electrons. The van der Waals surface area contributed by atoms with Crippen molar-refractivity contribution in [2.45, 2.75) is 52.7 Å². The van der Waals surface area contributed by atoms with Crippen LogP contribution in [0.15, 0.2) is 59.3 Å². The van der Waals surface area contributed by atoms with E-state index in [0.717, 1.165) is 11.3 Å². The number of methoxy groups -OCH3 is 1. The van der Waals surface area contributed by atoms with Crippen molar-refractivity contribution in [3.63, 3.8) is 0 Å². The second-order valence-electron chi connectivity index (χ2n) is 12.5. The number of amides is 3. The van der Waals surface area contributed by atoms with E-state index in [9.17, 15) is 14.4 Å². The SMILES string of the molecule is CCN(C(=O)[C@H]1CN(C(=O)OC(C)(C)C)CC[C@@H]1Cn1occ1-c1ccccc1)c1ccc2c(c1)N(CCCOC)C(=O)CO2. The van der Waals surface area contributed by atoms with E-state index in [0.29, 0.717) is 62.8 Å². The van der Waals surface area contributed by atoms with Crippen molar-refractivity contribution in [1.82, 2.24) is 9.64 Å². The number of carbonyl (C=O) groups excluding carboxylic acids is 3. The van der Waals surface area contributed by atoms with E-state index in [1.807, 2.05) is 81.0 Å². The average Bonchev–Trinajstić information content (AvgIpc) is 3.00. The number of benzene rings is 2. The van der Waals surface area contributed by atoms with E-state index in [-0.39, 0.29) is 30.9 Å². The first kappa shape index (κ1) is 32.2. The van der Waals surface area contributed by atoms with Crippen molar-refractivity contribution in [2.24, 2.45) is 11.8 Å². The molecule has 11 nitrogen and oxygen atoms in total. The number of aromatic nitrogens is 1. The zero-order chi connectivity index (χ0) is 32.1. The van der Waals surface area contributed by atoms with Gasteiger partial charge < -0.3 is 33.4 Å². The lowest BCUT2D eigenvalue weighted by atomic mass is 9.84. The molecule has 0 aliphatic carbocycles. The van der Waals surface area contributed by atoms with E-state index >= 15 is 0 Å². The summed E-state index contributed by atoms with van der Waals surface area (Å²) < 4.78 is 24.2. The molecule has 0 radical (unpaired) electrons. The third-order valence-electron chi connectivity index (χ3n) is 8.26. The number of rotatable bonds is 10. The van der Waals surface area contributed by atoms with Crippen molar-refractivity contribution in [1.29, 1.82) is 0 Å². The van der Waals surface area contributed by atoms with Gasteiger partial charge in [0.2, 0.25) is 5.91 Å². The standard InChI is InChI=1S/C34H44N4O7/c1-6-36(26-13-14-30-28(19-26)37(16-10-18-42-5)31(39)23-43-30)32(40)27-21-35(33(41)45-34(2,3)4)17-15-25(27)20-38-29(22-44-38)24-11-8-7-9-12-24/h7-9,11-14,19,22,25,27H,6,10,15-18,20-21,23H2,1-5H3/t25-,27+/m1/s1. The molecule has 3 amide bonds. The van der Waals surface area contributed by atoms with Gasteiger partial charge in [-0.25, -0.2) is 9.53 Å². The highest BCUT2D eigenvalue weighted by Gasteiger charge is 2.40. The van der Waals surface area contributed by atoms with Crippen LogP contribution in [0.5, 0.6) is 5.75 Å². The molecule has 1 fully saturated rings. The highest BCUT2D eigenvalue weighted by Crippen LogP contribution is 2.38. The number of piperidine rings is 1. The lowest BCUT2D eigenvalue weighted by Gasteiger charge is -2.40. The van der Waals surface area contributed by atoms with Crippen LogP contribution in [0.2, 0.25) is 0 Å². The number of hydrogen-bond acceptors (Lipinski definition) is 7. The molecular formula is C34H44N4O7. The van der Waals surface area contributed by atoms with Crippen LogP contribution in [-0.4, -0.2) is 79.7 Å². The van der Waals surface area contributed by atoms with Crippen LogP contribution in [0.3, 0.4) is 0 Å². The van der Waals surface area contributed by atoms with Crippen LogP contribution in [-0.2, 0) is 25.6 Å². The molecule has 0 spiro atoms. The van der Waals surface area contributed by atoms with Gasteiger partial charge in [-0.05, 0) is 64.7 Å². The monoisotopic (exact) mass is 620 g/mol. The molecular weight excluding hydrogens is 576 g/mol. The van der Waals surface area contributed by atoms with Gasteiger partial charge in [-0.1, -0.05) is 30.3 Å². The number of anilines is 2. The van der Waals surface area contributed by atoms with E-state index in [2.05, 4.69) is 0 Å². The summed E-state index contributed by atoms with van der Waals surface area (Å²) >= 11 is 0. The molecule has 5 rings (SSSR count). The summed E-state index contributed by atoms with van der Waals surface area (Å²) in [6.07, 6.45) is 2.57. The molecule has 2 aromatic carbocycles. The minimum absolute atomic E-state index is 0.0298. The minimum Gasteiger partial charge on any atom is -0.482 e. The summed E-state index contributed by atoms with van der Waals surface area (Å²) in [4.78, 5) is 45.5.